The van der Waals surface area contributed by atoms with Gasteiger partial charge in [-0.25, -0.2) is 4.79 Å². The van der Waals surface area contributed by atoms with Crippen LogP contribution in [0.5, 0.6) is 11.5 Å². The van der Waals surface area contributed by atoms with Crippen molar-refractivity contribution in [1.29, 1.82) is 0 Å². The van der Waals surface area contributed by atoms with Crippen LogP contribution in [0.1, 0.15) is 17.2 Å². The summed E-state index contributed by atoms with van der Waals surface area (Å²) in [5.41, 5.74) is 1.21. The van der Waals surface area contributed by atoms with E-state index in [1.165, 1.54) is 6.20 Å². The maximum Gasteiger partial charge on any atom is 0.336 e. The van der Waals surface area contributed by atoms with Gasteiger partial charge in [-0.3, -0.25) is 4.98 Å². The molecule has 142 valence electrons. The summed E-state index contributed by atoms with van der Waals surface area (Å²) in [6, 6.07) is 17.5. The van der Waals surface area contributed by atoms with Crippen molar-refractivity contribution >= 4 is 17.6 Å². The Morgan fingerprint density at radius 1 is 1.07 bits per heavy atom. The number of aliphatic hydroxyl groups is 1. The van der Waals surface area contributed by atoms with Crippen molar-refractivity contribution in [2.45, 2.75) is 12.7 Å². The van der Waals surface area contributed by atoms with Crippen molar-refractivity contribution < 1.29 is 19.4 Å². The van der Waals surface area contributed by atoms with Crippen molar-refractivity contribution in [1.82, 2.24) is 4.98 Å². The molecule has 1 aromatic heterocycles. The molecule has 1 unspecified atom stereocenters. The van der Waals surface area contributed by atoms with Gasteiger partial charge in [0.05, 0.1) is 5.57 Å². The van der Waals surface area contributed by atoms with Crippen LogP contribution in [-0.2, 0) is 16.1 Å². The number of benzene rings is 2. The van der Waals surface area contributed by atoms with Gasteiger partial charge in [-0.1, -0.05) is 36.4 Å². The summed E-state index contributed by atoms with van der Waals surface area (Å²) in [4.78, 5) is 16.0. The fraction of sp³-hybridized carbons (Fsp3) is 0.0909. The molecule has 0 saturated heterocycles. The fourth-order valence-electron chi connectivity index (χ4n) is 2.38. The van der Waals surface area contributed by atoms with E-state index in [4.69, 9.17) is 21.1 Å². The van der Waals surface area contributed by atoms with E-state index in [0.29, 0.717) is 22.1 Å². The van der Waals surface area contributed by atoms with E-state index in [2.05, 4.69) is 11.6 Å². The van der Waals surface area contributed by atoms with E-state index in [9.17, 15) is 9.90 Å². The molecule has 2 aromatic carbocycles. The van der Waals surface area contributed by atoms with Crippen LogP contribution in [0, 0.1) is 0 Å². The molecule has 28 heavy (non-hydrogen) atoms. The predicted octanol–water partition coefficient (Wildman–Crippen LogP) is 4.86. The Hall–Kier alpha value is -3.15. The number of carbonyl (C=O) groups excluding carboxylic acids is 1. The average Bonchev–Trinajstić information content (AvgIpc) is 2.74. The summed E-state index contributed by atoms with van der Waals surface area (Å²) in [5, 5.41) is 10.8. The van der Waals surface area contributed by atoms with Crippen molar-refractivity contribution in [2.75, 3.05) is 0 Å². The lowest BCUT2D eigenvalue weighted by Gasteiger charge is -2.13. The van der Waals surface area contributed by atoms with Gasteiger partial charge in [0.1, 0.15) is 24.2 Å². The number of ether oxygens (including phenoxy) is 2. The molecular formula is C22H18ClNO4. The molecule has 0 saturated carbocycles. The van der Waals surface area contributed by atoms with Crippen LogP contribution in [0.4, 0.5) is 0 Å². The lowest BCUT2D eigenvalue weighted by Crippen LogP contribution is -2.14. The standard InChI is InChI=1S/C22H18ClNO4/c1-15(21(25)17-3-2-12-24-13-17)22(26)27-14-16-4-8-19(9-5-16)28-20-10-6-18(23)7-11-20/h2-13,21,25H,1,14H2. The van der Waals surface area contributed by atoms with Gasteiger partial charge in [-0.05, 0) is 48.0 Å². The number of aliphatic hydroxyl groups excluding tert-OH is 1. The first kappa shape index (κ1) is 19.6. The lowest BCUT2D eigenvalue weighted by atomic mass is 10.1. The first-order chi connectivity index (χ1) is 13.5. The Kier molecular flexibility index (Phi) is 6.42. The molecule has 0 aliphatic rings. The molecule has 0 fully saturated rings. The molecule has 0 radical (unpaired) electrons. The number of aromatic nitrogens is 1. The van der Waals surface area contributed by atoms with E-state index in [1.807, 2.05) is 0 Å². The summed E-state index contributed by atoms with van der Waals surface area (Å²) in [5.74, 6) is 0.649. The van der Waals surface area contributed by atoms with E-state index < -0.39 is 12.1 Å². The number of hydrogen-bond acceptors (Lipinski definition) is 5. The smallest absolute Gasteiger partial charge is 0.336 e. The SMILES string of the molecule is C=C(C(=O)OCc1ccc(Oc2ccc(Cl)cc2)cc1)C(O)c1cccnc1. The molecule has 0 aliphatic carbocycles. The predicted molar refractivity (Wildman–Crippen MR) is 106 cm³/mol. The van der Waals surface area contributed by atoms with Crippen LogP contribution in [0.25, 0.3) is 0 Å². The van der Waals surface area contributed by atoms with E-state index in [0.717, 1.165) is 5.56 Å². The number of pyridine rings is 1. The van der Waals surface area contributed by atoms with Crippen LogP contribution < -0.4 is 4.74 Å². The van der Waals surface area contributed by atoms with Crippen LogP contribution in [0.3, 0.4) is 0 Å². The molecule has 1 N–H and O–H groups in total. The fourth-order valence-corrected chi connectivity index (χ4v) is 2.51. The van der Waals surface area contributed by atoms with Gasteiger partial charge in [0.15, 0.2) is 0 Å². The van der Waals surface area contributed by atoms with Gasteiger partial charge < -0.3 is 14.6 Å². The lowest BCUT2D eigenvalue weighted by molar-refractivity contribution is -0.141. The number of esters is 1. The highest BCUT2D eigenvalue weighted by Gasteiger charge is 2.19. The van der Waals surface area contributed by atoms with Crippen LogP contribution in [-0.4, -0.2) is 16.1 Å². The Morgan fingerprint density at radius 3 is 2.32 bits per heavy atom. The first-order valence-electron chi connectivity index (χ1n) is 8.49. The highest BCUT2D eigenvalue weighted by molar-refractivity contribution is 6.30. The van der Waals surface area contributed by atoms with Gasteiger partial charge >= 0.3 is 5.97 Å². The highest BCUT2D eigenvalue weighted by Crippen LogP contribution is 2.24. The van der Waals surface area contributed by atoms with Crippen molar-refractivity contribution in [3.05, 3.63) is 101 Å². The summed E-state index contributed by atoms with van der Waals surface area (Å²) in [6.45, 7) is 3.68. The minimum atomic E-state index is -1.16. The van der Waals surface area contributed by atoms with E-state index in [1.54, 1.807) is 66.9 Å². The Bertz CT molecular complexity index is 941. The van der Waals surface area contributed by atoms with Crippen molar-refractivity contribution in [3.63, 3.8) is 0 Å². The second-order valence-corrected chi connectivity index (χ2v) is 6.43. The molecule has 1 heterocycles. The molecular weight excluding hydrogens is 378 g/mol. The van der Waals surface area contributed by atoms with Crippen LogP contribution in [0.2, 0.25) is 5.02 Å². The third-order valence-corrected chi connectivity index (χ3v) is 4.19. The van der Waals surface area contributed by atoms with Gasteiger partial charge in [0.25, 0.3) is 0 Å². The minimum absolute atomic E-state index is 0.0457. The Labute approximate surface area is 167 Å². The molecule has 5 nitrogen and oxygen atoms in total. The molecule has 3 rings (SSSR count). The molecule has 0 aliphatic heterocycles. The van der Waals surface area contributed by atoms with Gasteiger partial charge in [0, 0.05) is 23.0 Å². The summed E-state index contributed by atoms with van der Waals surface area (Å²) < 4.78 is 10.9. The maximum atomic E-state index is 12.1. The monoisotopic (exact) mass is 395 g/mol. The quantitative estimate of drug-likeness (QED) is 0.457. The zero-order chi connectivity index (χ0) is 19.9. The summed E-state index contributed by atoms with van der Waals surface area (Å²) in [7, 11) is 0. The maximum absolute atomic E-state index is 12.1. The third-order valence-electron chi connectivity index (χ3n) is 3.94. The zero-order valence-corrected chi connectivity index (χ0v) is 15.7. The normalized spacial score (nSPS) is 11.5. The largest absolute Gasteiger partial charge is 0.457 e. The minimum Gasteiger partial charge on any atom is -0.457 e. The zero-order valence-electron chi connectivity index (χ0n) is 14.9. The van der Waals surface area contributed by atoms with Crippen LogP contribution >= 0.6 is 11.6 Å². The third kappa shape index (κ3) is 5.19. The van der Waals surface area contributed by atoms with Gasteiger partial charge in [-0.2, -0.15) is 0 Å². The molecule has 0 amide bonds. The Balaban J connectivity index is 1.53. The van der Waals surface area contributed by atoms with Crippen LogP contribution in [0.15, 0.2) is 85.2 Å². The topological polar surface area (TPSA) is 68.7 Å². The number of rotatable bonds is 7. The number of nitrogens with zero attached hydrogens (tertiary/aromatic N) is 1. The molecule has 3 aromatic rings. The number of hydrogen-bond donors (Lipinski definition) is 1. The van der Waals surface area contributed by atoms with Gasteiger partial charge in [-0.15, -0.1) is 0 Å². The van der Waals surface area contributed by atoms with Crippen molar-refractivity contribution in [3.8, 4) is 11.5 Å². The molecule has 1 atom stereocenters. The second-order valence-electron chi connectivity index (χ2n) is 5.99. The molecule has 0 bridgehead atoms. The van der Waals surface area contributed by atoms with E-state index in [-0.39, 0.29) is 12.2 Å². The average molecular weight is 396 g/mol. The summed E-state index contributed by atoms with van der Waals surface area (Å²) in [6.07, 6.45) is 1.90. The first-order valence-corrected chi connectivity index (χ1v) is 8.87. The summed E-state index contributed by atoms with van der Waals surface area (Å²) >= 11 is 5.85. The number of halogens is 1. The number of carbonyl (C=O) groups is 1. The highest BCUT2D eigenvalue weighted by atomic mass is 35.5. The molecule has 0 spiro atoms. The van der Waals surface area contributed by atoms with E-state index >= 15 is 0 Å². The van der Waals surface area contributed by atoms with Gasteiger partial charge in [0.2, 0.25) is 0 Å². The molecule has 6 heteroatoms. The Morgan fingerprint density at radius 2 is 1.71 bits per heavy atom. The van der Waals surface area contributed by atoms with Crippen molar-refractivity contribution in [2.24, 2.45) is 0 Å². The second kappa shape index (κ2) is 9.17.